The number of likely N-dealkylation sites (tertiary alicyclic amines) is 1. The van der Waals surface area contributed by atoms with E-state index in [2.05, 4.69) is 67.9 Å². The molecule has 69 heavy (non-hydrogen) atoms. The summed E-state index contributed by atoms with van der Waals surface area (Å²) in [6.07, 6.45) is 10.8. The molecule has 18 heteroatoms. The van der Waals surface area contributed by atoms with Crippen LogP contribution in [0.1, 0.15) is 129 Å². The molecule has 10 rings (SSSR count). The van der Waals surface area contributed by atoms with Crippen molar-refractivity contribution in [3.8, 4) is 17.2 Å². The van der Waals surface area contributed by atoms with E-state index in [0.717, 1.165) is 63.1 Å². The van der Waals surface area contributed by atoms with Gasteiger partial charge in [0.15, 0.2) is 22.9 Å². The van der Waals surface area contributed by atoms with E-state index in [4.69, 9.17) is 15.2 Å². The number of fused-ring (bicyclic) bond motifs is 2. The molecule has 5 aromatic rings. The topological polar surface area (TPSA) is 235 Å². The number of aromatic nitrogens is 2. The summed E-state index contributed by atoms with van der Waals surface area (Å²) in [5.41, 5.74) is 8.42. The quantitative estimate of drug-likeness (QED) is 0.0585. The smallest absolute Gasteiger partial charge is 0.297 e. The maximum absolute atomic E-state index is 14.2. The highest BCUT2D eigenvalue weighted by Gasteiger charge is 2.50. The van der Waals surface area contributed by atoms with Crippen molar-refractivity contribution in [3.05, 3.63) is 105 Å². The number of hydrogen-bond donors (Lipinski definition) is 5. The number of nitrogens with zero attached hydrogens (tertiary/aromatic N) is 4. The number of piperidine rings is 1. The summed E-state index contributed by atoms with van der Waals surface area (Å²) in [4.78, 5) is 50.4. The lowest BCUT2D eigenvalue weighted by molar-refractivity contribution is -0.384. The Labute approximate surface area is 401 Å². The average Bonchev–Trinajstić information content (AvgIpc) is 4.00. The van der Waals surface area contributed by atoms with E-state index < -0.39 is 42.9 Å². The molecule has 6 N–H and O–H groups in total. The molecule has 0 bridgehead atoms. The lowest BCUT2D eigenvalue weighted by Crippen LogP contribution is -2.54. The van der Waals surface area contributed by atoms with Crippen molar-refractivity contribution in [2.45, 2.75) is 120 Å². The third-order valence-corrected chi connectivity index (χ3v) is 17.0. The number of benzene rings is 3. The van der Waals surface area contributed by atoms with Gasteiger partial charge in [-0.2, -0.15) is 0 Å². The number of primary amides is 1. The number of rotatable bonds is 12. The number of hydrogen-bond acceptors (Lipinski definition) is 13. The zero-order chi connectivity index (χ0) is 48.4. The number of carbonyl (C=O) groups excluding carboxylic acids is 2. The van der Waals surface area contributed by atoms with Crippen LogP contribution in [0.4, 0.5) is 17.1 Å². The minimum atomic E-state index is -4.75. The van der Waals surface area contributed by atoms with Gasteiger partial charge < -0.3 is 35.5 Å². The second kappa shape index (κ2) is 17.9. The van der Waals surface area contributed by atoms with Crippen molar-refractivity contribution < 1.29 is 37.5 Å². The first-order chi connectivity index (χ1) is 33.0. The fourth-order valence-corrected chi connectivity index (χ4v) is 12.7. The number of nitrogens with two attached hydrogens (primary N) is 1. The first-order valence-corrected chi connectivity index (χ1v) is 25.7. The minimum Gasteiger partial charge on any atom is -0.489 e. The van der Waals surface area contributed by atoms with Crippen LogP contribution in [0.2, 0.25) is 0 Å². The van der Waals surface area contributed by atoms with E-state index in [-0.39, 0.29) is 58.2 Å². The Kier molecular flexibility index (Phi) is 12.1. The van der Waals surface area contributed by atoms with Crippen molar-refractivity contribution in [1.29, 1.82) is 0 Å². The summed E-state index contributed by atoms with van der Waals surface area (Å²) in [7, 11) is -4.75. The highest BCUT2D eigenvalue weighted by atomic mass is 32.2. The van der Waals surface area contributed by atoms with Crippen LogP contribution in [0.25, 0.3) is 11.0 Å². The fraction of sp³-hybridized carbons (Fsp3) is 0.471. The molecule has 2 saturated carbocycles. The summed E-state index contributed by atoms with van der Waals surface area (Å²) >= 11 is 0. The molecule has 0 unspecified atom stereocenters. The van der Waals surface area contributed by atoms with Gasteiger partial charge in [0.25, 0.3) is 27.5 Å². The molecule has 3 aromatic carbocycles. The lowest BCUT2D eigenvalue weighted by atomic mass is 9.59. The van der Waals surface area contributed by atoms with Gasteiger partial charge in [0.05, 0.1) is 27.0 Å². The number of nitro groups is 1. The predicted octanol–water partition coefficient (Wildman–Crippen LogP) is 8.30. The van der Waals surface area contributed by atoms with Gasteiger partial charge in [0, 0.05) is 60.6 Å². The van der Waals surface area contributed by atoms with Gasteiger partial charge in [-0.15, -0.1) is 0 Å². The summed E-state index contributed by atoms with van der Waals surface area (Å²) in [5.74, 6) is -1.53. The van der Waals surface area contributed by atoms with Crippen molar-refractivity contribution in [3.63, 3.8) is 0 Å². The van der Waals surface area contributed by atoms with E-state index >= 15 is 0 Å². The van der Waals surface area contributed by atoms with Crippen molar-refractivity contribution in [2.75, 3.05) is 36.5 Å². The zero-order valence-electron chi connectivity index (χ0n) is 39.2. The van der Waals surface area contributed by atoms with E-state index in [9.17, 15) is 33.2 Å². The van der Waals surface area contributed by atoms with Crippen molar-refractivity contribution in [2.24, 2.45) is 17.1 Å². The number of anilines is 2. The molecule has 5 heterocycles. The molecule has 2 atom stereocenters. The zero-order valence-corrected chi connectivity index (χ0v) is 40.0. The van der Waals surface area contributed by atoms with Gasteiger partial charge in [0.2, 0.25) is 0 Å². The van der Waals surface area contributed by atoms with Gasteiger partial charge in [0.1, 0.15) is 18.0 Å². The van der Waals surface area contributed by atoms with Crippen LogP contribution in [-0.2, 0) is 10.0 Å². The van der Waals surface area contributed by atoms with E-state index in [1.165, 1.54) is 30.0 Å². The van der Waals surface area contributed by atoms with Gasteiger partial charge in [-0.05, 0) is 130 Å². The maximum atomic E-state index is 14.2. The van der Waals surface area contributed by atoms with Crippen LogP contribution < -0.4 is 30.1 Å². The SMILES string of the molecule is CC(C)c1ccccc1[C@@H]1CCCN1C1CC2(CCN(c3ccc(C(=O)NS(=O)(=O)c4cc5c(c([N+](=O)[O-])c4)N[C@@H]([C@H]4CC[C@](C)(O)CC4)CO5)c(Oc4cc5cc[nH]c5nc4C(N)=O)c3)CC2)C1. The summed E-state index contributed by atoms with van der Waals surface area (Å²) in [6, 6.07) is 19.8. The highest BCUT2D eigenvalue weighted by molar-refractivity contribution is 7.90. The van der Waals surface area contributed by atoms with Gasteiger partial charge in [-0.1, -0.05) is 38.1 Å². The summed E-state index contributed by atoms with van der Waals surface area (Å²) < 4.78 is 42.5. The Morgan fingerprint density at radius 2 is 1.75 bits per heavy atom. The van der Waals surface area contributed by atoms with Crippen LogP contribution in [0, 0.1) is 21.4 Å². The molecule has 2 aliphatic carbocycles. The minimum absolute atomic E-state index is 0.0372. The number of ether oxygens (including phenoxy) is 2. The lowest BCUT2D eigenvalue weighted by Gasteiger charge is -2.56. The number of amides is 2. The van der Waals surface area contributed by atoms with Gasteiger partial charge in [-0.25, -0.2) is 18.1 Å². The van der Waals surface area contributed by atoms with E-state index in [1.54, 1.807) is 37.4 Å². The number of nitro benzene ring substituents is 1. The molecular formula is C51H60N8O9S. The third kappa shape index (κ3) is 9.09. The number of aliphatic hydroxyl groups is 1. The molecule has 364 valence electrons. The third-order valence-electron chi connectivity index (χ3n) is 15.6. The number of sulfonamides is 1. The highest BCUT2D eigenvalue weighted by Crippen LogP contribution is 2.54. The van der Waals surface area contributed by atoms with Crippen LogP contribution in [0.3, 0.4) is 0 Å². The Morgan fingerprint density at radius 3 is 2.48 bits per heavy atom. The number of pyridine rings is 1. The Bertz CT molecular complexity index is 2930. The number of carbonyl (C=O) groups is 2. The average molecular weight is 961 g/mol. The first-order valence-electron chi connectivity index (χ1n) is 24.2. The Hall–Kier alpha value is -6.24. The maximum Gasteiger partial charge on any atom is 0.297 e. The summed E-state index contributed by atoms with van der Waals surface area (Å²) in [6.45, 7) is 9.09. The van der Waals surface area contributed by atoms with E-state index in [1.807, 2.05) is 0 Å². The second-order valence-corrected chi connectivity index (χ2v) is 22.2. The number of aromatic amines is 1. The second-order valence-electron chi connectivity index (χ2n) is 20.5. The predicted molar refractivity (Wildman–Crippen MR) is 260 cm³/mol. The van der Waals surface area contributed by atoms with Gasteiger partial charge >= 0.3 is 0 Å². The van der Waals surface area contributed by atoms with Crippen LogP contribution in [0.5, 0.6) is 17.2 Å². The molecule has 17 nitrogen and oxygen atoms in total. The molecule has 2 amide bonds. The van der Waals surface area contributed by atoms with Crippen molar-refractivity contribution in [1.82, 2.24) is 19.6 Å². The van der Waals surface area contributed by atoms with Gasteiger partial charge in [-0.3, -0.25) is 24.6 Å². The molecule has 4 fully saturated rings. The van der Waals surface area contributed by atoms with Crippen molar-refractivity contribution >= 4 is 49.9 Å². The van der Waals surface area contributed by atoms with Crippen LogP contribution >= 0.6 is 0 Å². The normalized spacial score (nSPS) is 23.8. The molecule has 1 spiro atoms. The molecule has 0 radical (unpaired) electrons. The Balaban J connectivity index is 0.885. The molecule has 5 aliphatic rings. The molecular weight excluding hydrogens is 901 g/mol. The molecule has 2 saturated heterocycles. The van der Waals surface area contributed by atoms with Crippen LogP contribution in [0.15, 0.2) is 77.8 Å². The number of nitrogens with one attached hydrogen (secondary N) is 3. The molecule has 3 aliphatic heterocycles. The van der Waals surface area contributed by atoms with Crippen LogP contribution in [-0.4, -0.2) is 89.1 Å². The standard InChI is InChI=1S/C51H60N8O9S/c1-30(2)36-7-4-5-8-37(36)40-9-6-20-58(40)34-27-51(28-34)17-21-57(22-18-51)33-10-11-38(42(24-33)68-44-23-32-14-19-53-48(32)55-46(44)47(52)60)49(61)56-69(65,66)35-25-41(59(63)64)45-43(26-35)67-29-39(54-45)31-12-15-50(3,62)16-13-31/h4-5,7-8,10-11,14,19,23-26,30-31,34,39-40,54,62H,6,9,12-13,15-18,20-22,27-29H2,1-3H3,(H2,52,60)(H,53,55)(H,56,61)/t31-,39-,40+,50-/m1/s1. The molecule has 2 aromatic heterocycles. The largest absolute Gasteiger partial charge is 0.489 e. The first kappa shape index (κ1) is 46.5. The van der Waals surface area contributed by atoms with E-state index in [0.29, 0.717) is 54.7 Å². The number of H-pyrrole nitrogens is 1. The monoisotopic (exact) mass is 960 g/mol. The Morgan fingerprint density at radius 1 is 1.00 bits per heavy atom. The fourth-order valence-electron chi connectivity index (χ4n) is 11.7. The summed E-state index contributed by atoms with van der Waals surface area (Å²) in [5, 5.41) is 26.7.